The van der Waals surface area contributed by atoms with Crippen LogP contribution >= 0.6 is 0 Å². The number of aliphatic hydroxyl groups excluding tert-OH is 1. The third-order valence-electron chi connectivity index (χ3n) is 4.64. The van der Waals surface area contributed by atoms with Crippen LogP contribution in [0.15, 0.2) is 30.3 Å². The van der Waals surface area contributed by atoms with Gasteiger partial charge in [0.2, 0.25) is 0 Å². The number of ether oxygens (including phenoxy) is 3. The molecule has 110 valence electrons. The van der Waals surface area contributed by atoms with Gasteiger partial charge in [-0.1, -0.05) is 44.2 Å². The Balaban J connectivity index is 1.72. The zero-order valence-electron chi connectivity index (χ0n) is 12.0. The van der Waals surface area contributed by atoms with E-state index in [1.807, 2.05) is 25.1 Å². The van der Waals surface area contributed by atoms with Gasteiger partial charge in [-0.15, -0.1) is 0 Å². The van der Waals surface area contributed by atoms with Crippen molar-refractivity contribution in [2.45, 2.75) is 38.4 Å². The summed E-state index contributed by atoms with van der Waals surface area (Å²) < 4.78 is 17.7. The predicted octanol–water partition coefficient (Wildman–Crippen LogP) is 1.96. The van der Waals surface area contributed by atoms with Crippen molar-refractivity contribution in [3.8, 4) is 0 Å². The fraction of sp³-hybridized carbons (Fsp3) is 0.625. The molecule has 2 aliphatic rings. The normalized spacial score (nSPS) is 40.0. The Morgan fingerprint density at radius 2 is 2.05 bits per heavy atom. The summed E-state index contributed by atoms with van der Waals surface area (Å²) in [7, 11) is 0. The molecule has 0 radical (unpaired) electrons. The molecule has 1 aromatic carbocycles. The van der Waals surface area contributed by atoms with Crippen LogP contribution in [-0.2, 0) is 20.8 Å². The lowest BCUT2D eigenvalue weighted by Gasteiger charge is -2.44. The van der Waals surface area contributed by atoms with Crippen molar-refractivity contribution in [1.82, 2.24) is 0 Å². The molecule has 2 heterocycles. The highest BCUT2D eigenvalue weighted by molar-refractivity contribution is 5.13. The molecule has 1 N–H and O–H groups in total. The second-order valence-electron chi connectivity index (χ2n) is 5.85. The summed E-state index contributed by atoms with van der Waals surface area (Å²) in [5.74, 6) is -0.612. The highest BCUT2D eigenvalue weighted by atomic mass is 16.8. The van der Waals surface area contributed by atoms with E-state index >= 15 is 0 Å². The van der Waals surface area contributed by atoms with Crippen LogP contribution in [0, 0.1) is 11.8 Å². The van der Waals surface area contributed by atoms with Gasteiger partial charge in [-0.3, -0.25) is 0 Å². The lowest BCUT2D eigenvalue weighted by molar-refractivity contribution is -0.280. The highest BCUT2D eigenvalue weighted by Crippen LogP contribution is 2.44. The predicted molar refractivity (Wildman–Crippen MR) is 74.0 cm³/mol. The molecule has 4 heteroatoms. The van der Waals surface area contributed by atoms with Crippen LogP contribution < -0.4 is 0 Å². The van der Waals surface area contributed by atoms with Gasteiger partial charge in [-0.25, -0.2) is 0 Å². The second-order valence-corrected chi connectivity index (χ2v) is 5.85. The van der Waals surface area contributed by atoms with E-state index in [0.29, 0.717) is 13.2 Å². The first-order valence-corrected chi connectivity index (χ1v) is 7.24. The van der Waals surface area contributed by atoms with Crippen LogP contribution in [0.25, 0.3) is 0 Å². The summed E-state index contributed by atoms with van der Waals surface area (Å²) in [6.07, 6.45) is 0.0442. The molecule has 0 unspecified atom stereocenters. The molecule has 0 amide bonds. The fourth-order valence-electron chi connectivity index (χ4n) is 3.25. The quantitative estimate of drug-likeness (QED) is 0.914. The maximum absolute atomic E-state index is 9.62. The summed E-state index contributed by atoms with van der Waals surface area (Å²) in [5, 5.41) is 9.62. The summed E-state index contributed by atoms with van der Waals surface area (Å²) in [4.78, 5) is 0. The van der Waals surface area contributed by atoms with Crippen molar-refractivity contribution in [1.29, 1.82) is 0 Å². The minimum absolute atomic E-state index is 0.00459. The van der Waals surface area contributed by atoms with Crippen molar-refractivity contribution in [2.24, 2.45) is 11.8 Å². The van der Waals surface area contributed by atoms with Crippen LogP contribution in [0.2, 0.25) is 0 Å². The van der Waals surface area contributed by atoms with Gasteiger partial charge in [0.15, 0.2) is 5.79 Å². The van der Waals surface area contributed by atoms with Crippen LogP contribution in [0.4, 0.5) is 0 Å². The van der Waals surface area contributed by atoms with E-state index in [-0.39, 0.29) is 30.7 Å². The molecule has 4 nitrogen and oxygen atoms in total. The largest absolute Gasteiger partial charge is 0.391 e. The number of hydrogen-bond donors (Lipinski definition) is 1. The number of rotatable bonds is 4. The first-order chi connectivity index (χ1) is 9.66. The maximum atomic E-state index is 9.62. The van der Waals surface area contributed by atoms with Crippen molar-refractivity contribution in [3.63, 3.8) is 0 Å². The molecule has 0 aromatic heterocycles. The van der Waals surface area contributed by atoms with Gasteiger partial charge in [0, 0.05) is 11.8 Å². The highest BCUT2D eigenvalue weighted by Gasteiger charge is 2.57. The second kappa shape index (κ2) is 5.45. The summed E-state index contributed by atoms with van der Waals surface area (Å²) in [5.41, 5.74) is 1.16. The Bertz CT molecular complexity index is 449. The summed E-state index contributed by atoms with van der Waals surface area (Å²) in [6, 6.07) is 10.1. The summed E-state index contributed by atoms with van der Waals surface area (Å²) in [6.45, 7) is 5.16. The van der Waals surface area contributed by atoms with Crippen molar-refractivity contribution < 1.29 is 19.3 Å². The standard InChI is InChI=1S/C16H22O4/c1-11-14-9-19-16(10-17,20-14)12(2)15(11)18-8-13-6-4-3-5-7-13/h3-7,11-12,14-15,17H,8-10H2,1-2H3/t11-,12-,14+,15+,16+/m0/s1. The number of fused-ring (bicyclic) bond motifs is 2. The van der Waals surface area contributed by atoms with Crippen LogP contribution in [0.1, 0.15) is 19.4 Å². The lowest BCUT2D eigenvalue weighted by Crippen LogP contribution is -2.55. The first kappa shape index (κ1) is 14.0. The van der Waals surface area contributed by atoms with Gasteiger partial charge in [-0.05, 0) is 5.56 Å². The van der Waals surface area contributed by atoms with E-state index in [0.717, 1.165) is 5.56 Å². The lowest BCUT2D eigenvalue weighted by atomic mass is 9.82. The van der Waals surface area contributed by atoms with Gasteiger partial charge < -0.3 is 19.3 Å². The molecule has 20 heavy (non-hydrogen) atoms. The number of benzene rings is 1. The molecule has 3 rings (SSSR count). The zero-order chi connectivity index (χ0) is 14.2. The fourth-order valence-corrected chi connectivity index (χ4v) is 3.25. The average molecular weight is 278 g/mol. The van der Waals surface area contributed by atoms with Crippen LogP contribution in [0.5, 0.6) is 0 Å². The van der Waals surface area contributed by atoms with E-state index < -0.39 is 5.79 Å². The Labute approximate surface area is 119 Å². The molecular formula is C16H22O4. The van der Waals surface area contributed by atoms with Gasteiger partial charge in [0.25, 0.3) is 0 Å². The third-order valence-corrected chi connectivity index (χ3v) is 4.64. The van der Waals surface area contributed by atoms with E-state index in [1.165, 1.54) is 0 Å². The maximum Gasteiger partial charge on any atom is 0.197 e. The molecule has 1 aromatic rings. The van der Waals surface area contributed by atoms with E-state index in [1.54, 1.807) is 0 Å². The number of hydrogen-bond acceptors (Lipinski definition) is 4. The van der Waals surface area contributed by atoms with E-state index in [4.69, 9.17) is 14.2 Å². The van der Waals surface area contributed by atoms with Crippen molar-refractivity contribution in [3.05, 3.63) is 35.9 Å². The molecular weight excluding hydrogens is 256 g/mol. The first-order valence-electron chi connectivity index (χ1n) is 7.24. The Hall–Kier alpha value is -0.940. The monoisotopic (exact) mass is 278 g/mol. The summed E-state index contributed by atoms with van der Waals surface area (Å²) >= 11 is 0. The topological polar surface area (TPSA) is 47.9 Å². The molecule has 2 saturated heterocycles. The molecule has 5 atom stereocenters. The van der Waals surface area contributed by atoms with Gasteiger partial charge in [-0.2, -0.15) is 0 Å². The molecule has 2 fully saturated rings. The van der Waals surface area contributed by atoms with Gasteiger partial charge in [0.05, 0.1) is 32.0 Å². The minimum Gasteiger partial charge on any atom is -0.391 e. The molecule has 0 saturated carbocycles. The molecule has 0 aliphatic carbocycles. The van der Waals surface area contributed by atoms with Crippen molar-refractivity contribution >= 4 is 0 Å². The number of aliphatic hydroxyl groups is 1. The Morgan fingerprint density at radius 3 is 2.75 bits per heavy atom. The van der Waals surface area contributed by atoms with Crippen molar-refractivity contribution in [2.75, 3.05) is 13.2 Å². The molecule has 2 aliphatic heterocycles. The SMILES string of the molecule is C[C@@H]1[C@@H](OCc2ccccc2)[C@H](C)[C@]2(CO)OC[C@H]1O2. The van der Waals surface area contributed by atoms with Crippen LogP contribution in [-0.4, -0.2) is 36.3 Å². The Kier molecular flexibility index (Phi) is 3.82. The smallest absolute Gasteiger partial charge is 0.197 e. The average Bonchev–Trinajstić information content (AvgIpc) is 2.90. The van der Waals surface area contributed by atoms with Crippen LogP contribution in [0.3, 0.4) is 0 Å². The van der Waals surface area contributed by atoms with E-state index in [9.17, 15) is 5.11 Å². The van der Waals surface area contributed by atoms with Gasteiger partial charge in [0.1, 0.15) is 0 Å². The Morgan fingerprint density at radius 1 is 1.30 bits per heavy atom. The van der Waals surface area contributed by atoms with Gasteiger partial charge >= 0.3 is 0 Å². The molecule has 2 bridgehead atoms. The zero-order valence-corrected chi connectivity index (χ0v) is 12.0. The van der Waals surface area contributed by atoms with E-state index in [2.05, 4.69) is 19.1 Å². The minimum atomic E-state index is -0.876. The third kappa shape index (κ3) is 2.27. The molecule has 0 spiro atoms.